The number of rotatable bonds is 6. The third-order valence-electron chi connectivity index (χ3n) is 4.65. The second kappa shape index (κ2) is 9.13. The number of nitrogens with one attached hydrogen (secondary N) is 2. The van der Waals surface area contributed by atoms with Gasteiger partial charge in [-0.15, -0.1) is 0 Å². The van der Waals surface area contributed by atoms with E-state index < -0.39 is 10.0 Å². The molecule has 0 atom stereocenters. The summed E-state index contributed by atoms with van der Waals surface area (Å²) in [5, 5.41) is 6.30. The Morgan fingerprint density at radius 2 is 1.83 bits per heavy atom. The highest BCUT2D eigenvalue weighted by Crippen LogP contribution is 2.24. The third-order valence-corrected chi connectivity index (χ3v) is 6.86. The van der Waals surface area contributed by atoms with Crippen molar-refractivity contribution in [1.82, 2.24) is 4.31 Å². The second-order valence-corrected chi connectivity index (χ2v) is 9.22. The number of carbonyl (C=O) groups is 1. The number of morpholine rings is 1. The van der Waals surface area contributed by atoms with Crippen LogP contribution in [0.25, 0.3) is 0 Å². The first kappa shape index (κ1) is 21.6. The van der Waals surface area contributed by atoms with Gasteiger partial charge in [0.15, 0.2) is 0 Å². The largest absolute Gasteiger partial charge is 0.379 e. The average Bonchev–Trinajstić information content (AvgIpc) is 2.69. The lowest BCUT2D eigenvalue weighted by Gasteiger charge is -2.26. The SMILES string of the molecule is Cc1ccc(NCC(=O)Nc2cc(S(=O)(=O)N3CCOCC3)ccc2C)c(Cl)c1. The average molecular weight is 438 g/mol. The standard InChI is InChI=1S/C20H24ClN3O4S/c1-14-3-6-18(17(21)11-14)22-13-20(25)23-19-12-16(5-4-15(19)2)29(26,27)24-7-9-28-10-8-24/h3-6,11-12,22H,7-10,13H2,1-2H3,(H,23,25). The summed E-state index contributed by atoms with van der Waals surface area (Å²) in [7, 11) is -3.63. The maximum Gasteiger partial charge on any atom is 0.243 e. The molecule has 2 aromatic rings. The molecule has 0 unspecified atom stereocenters. The van der Waals surface area contributed by atoms with Crippen LogP contribution in [0.3, 0.4) is 0 Å². The number of benzene rings is 2. The molecule has 156 valence electrons. The number of amides is 1. The fraction of sp³-hybridized carbons (Fsp3) is 0.350. The number of carbonyl (C=O) groups excluding carboxylic acids is 1. The first-order valence-corrected chi connectivity index (χ1v) is 11.1. The number of halogens is 1. The Labute approximate surface area is 176 Å². The number of ether oxygens (including phenoxy) is 1. The molecule has 2 N–H and O–H groups in total. The van der Waals surface area contributed by atoms with Crippen molar-refractivity contribution in [2.45, 2.75) is 18.7 Å². The van der Waals surface area contributed by atoms with Crippen LogP contribution in [0, 0.1) is 13.8 Å². The van der Waals surface area contributed by atoms with Crippen LogP contribution in [0.5, 0.6) is 0 Å². The van der Waals surface area contributed by atoms with E-state index in [1.165, 1.54) is 10.4 Å². The number of hydrogen-bond acceptors (Lipinski definition) is 5. The molecule has 0 radical (unpaired) electrons. The molecule has 0 bridgehead atoms. The van der Waals surface area contributed by atoms with Gasteiger partial charge < -0.3 is 15.4 Å². The van der Waals surface area contributed by atoms with Crippen LogP contribution in [0.1, 0.15) is 11.1 Å². The summed E-state index contributed by atoms with van der Waals surface area (Å²) in [5.41, 5.74) is 2.92. The van der Waals surface area contributed by atoms with E-state index in [4.69, 9.17) is 16.3 Å². The van der Waals surface area contributed by atoms with Crippen molar-refractivity contribution in [3.63, 3.8) is 0 Å². The summed E-state index contributed by atoms with van der Waals surface area (Å²) in [5.74, 6) is -0.300. The number of sulfonamides is 1. The molecule has 0 aromatic heterocycles. The Hall–Kier alpha value is -2.13. The van der Waals surface area contributed by atoms with E-state index in [0.29, 0.717) is 42.7 Å². The van der Waals surface area contributed by atoms with Crippen molar-refractivity contribution in [1.29, 1.82) is 0 Å². The van der Waals surface area contributed by atoms with Crippen molar-refractivity contribution < 1.29 is 17.9 Å². The molecule has 7 nitrogen and oxygen atoms in total. The van der Waals surface area contributed by atoms with Gasteiger partial charge in [0.2, 0.25) is 15.9 Å². The van der Waals surface area contributed by atoms with E-state index >= 15 is 0 Å². The van der Waals surface area contributed by atoms with Gasteiger partial charge in [0.1, 0.15) is 0 Å². The summed E-state index contributed by atoms with van der Waals surface area (Å²) in [4.78, 5) is 12.5. The molecule has 29 heavy (non-hydrogen) atoms. The molecule has 1 heterocycles. The van der Waals surface area contributed by atoms with E-state index in [0.717, 1.165) is 11.1 Å². The van der Waals surface area contributed by atoms with Crippen molar-refractivity contribution in [3.8, 4) is 0 Å². The molecule has 3 rings (SSSR count). The van der Waals surface area contributed by atoms with Gasteiger partial charge in [-0.3, -0.25) is 4.79 Å². The molecule has 1 saturated heterocycles. The molecule has 0 aliphatic carbocycles. The molecule has 1 aliphatic rings. The van der Waals surface area contributed by atoms with Crippen LogP contribution in [-0.2, 0) is 19.6 Å². The first-order chi connectivity index (χ1) is 13.8. The Morgan fingerprint density at radius 1 is 1.10 bits per heavy atom. The van der Waals surface area contributed by atoms with Gasteiger partial charge in [-0.25, -0.2) is 8.42 Å². The number of nitrogens with zero attached hydrogens (tertiary/aromatic N) is 1. The molecule has 1 aliphatic heterocycles. The highest BCUT2D eigenvalue weighted by molar-refractivity contribution is 7.89. The van der Waals surface area contributed by atoms with Crippen LogP contribution in [-0.4, -0.2) is 51.5 Å². The van der Waals surface area contributed by atoms with Crippen molar-refractivity contribution >= 4 is 38.9 Å². The maximum atomic E-state index is 12.8. The lowest BCUT2D eigenvalue weighted by atomic mass is 10.2. The minimum atomic E-state index is -3.63. The van der Waals surface area contributed by atoms with Crippen LogP contribution in [0.2, 0.25) is 5.02 Å². The Bertz CT molecular complexity index is 1000. The fourth-order valence-corrected chi connectivity index (χ4v) is 4.70. The minimum absolute atomic E-state index is 0.00264. The van der Waals surface area contributed by atoms with E-state index in [-0.39, 0.29) is 17.3 Å². The van der Waals surface area contributed by atoms with E-state index in [9.17, 15) is 13.2 Å². The zero-order valence-electron chi connectivity index (χ0n) is 16.4. The Kier molecular flexibility index (Phi) is 6.79. The van der Waals surface area contributed by atoms with Gasteiger partial charge in [-0.2, -0.15) is 4.31 Å². The monoisotopic (exact) mass is 437 g/mol. The molecular formula is C20H24ClN3O4S. The number of aryl methyl sites for hydroxylation is 2. The number of hydrogen-bond donors (Lipinski definition) is 2. The lowest BCUT2D eigenvalue weighted by Crippen LogP contribution is -2.40. The van der Waals surface area contributed by atoms with Crippen LogP contribution in [0.15, 0.2) is 41.3 Å². The van der Waals surface area contributed by atoms with E-state index in [1.54, 1.807) is 12.1 Å². The number of anilines is 2. The molecule has 0 saturated carbocycles. The molecule has 0 spiro atoms. The minimum Gasteiger partial charge on any atom is -0.379 e. The van der Waals surface area contributed by atoms with Gasteiger partial charge >= 0.3 is 0 Å². The highest BCUT2D eigenvalue weighted by Gasteiger charge is 2.26. The lowest BCUT2D eigenvalue weighted by molar-refractivity contribution is -0.114. The molecular weight excluding hydrogens is 414 g/mol. The summed E-state index contributed by atoms with van der Waals surface area (Å²) in [6.07, 6.45) is 0. The smallest absolute Gasteiger partial charge is 0.243 e. The Balaban J connectivity index is 1.70. The summed E-state index contributed by atoms with van der Waals surface area (Å²) < 4.78 is 32.3. The highest BCUT2D eigenvalue weighted by atomic mass is 35.5. The second-order valence-electron chi connectivity index (χ2n) is 6.88. The molecule has 1 amide bonds. The van der Waals surface area contributed by atoms with Gasteiger partial charge in [-0.1, -0.05) is 23.7 Å². The maximum absolute atomic E-state index is 12.8. The quantitative estimate of drug-likeness (QED) is 0.725. The zero-order valence-corrected chi connectivity index (χ0v) is 17.9. The van der Waals surface area contributed by atoms with Gasteiger partial charge in [-0.05, 0) is 49.2 Å². The predicted molar refractivity (Wildman–Crippen MR) is 114 cm³/mol. The predicted octanol–water partition coefficient (Wildman–Crippen LogP) is 3.03. The summed E-state index contributed by atoms with van der Waals surface area (Å²) in [6.45, 7) is 5.14. The van der Waals surface area contributed by atoms with Crippen molar-refractivity contribution in [2.24, 2.45) is 0 Å². The van der Waals surface area contributed by atoms with Gasteiger partial charge in [0.05, 0.1) is 35.4 Å². The zero-order chi connectivity index (χ0) is 21.0. The first-order valence-electron chi connectivity index (χ1n) is 9.26. The normalized spacial score (nSPS) is 15.1. The Morgan fingerprint density at radius 3 is 2.52 bits per heavy atom. The van der Waals surface area contributed by atoms with E-state index in [1.807, 2.05) is 32.0 Å². The van der Waals surface area contributed by atoms with Crippen molar-refractivity contribution in [2.75, 3.05) is 43.5 Å². The molecule has 9 heteroatoms. The van der Waals surface area contributed by atoms with Gasteiger partial charge in [0, 0.05) is 18.8 Å². The molecule has 1 fully saturated rings. The topological polar surface area (TPSA) is 87.7 Å². The summed E-state index contributed by atoms with van der Waals surface area (Å²) in [6, 6.07) is 10.3. The fourth-order valence-electron chi connectivity index (χ4n) is 2.97. The van der Waals surface area contributed by atoms with E-state index in [2.05, 4.69) is 10.6 Å². The molecule has 2 aromatic carbocycles. The van der Waals surface area contributed by atoms with Crippen LogP contribution in [0.4, 0.5) is 11.4 Å². The summed E-state index contributed by atoms with van der Waals surface area (Å²) >= 11 is 6.17. The van der Waals surface area contributed by atoms with Crippen LogP contribution < -0.4 is 10.6 Å². The van der Waals surface area contributed by atoms with Crippen LogP contribution >= 0.6 is 11.6 Å². The van der Waals surface area contributed by atoms with Gasteiger partial charge in [0.25, 0.3) is 0 Å². The van der Waals surface area contributed by atoms with Crippen molar-refractivity contribution in [3.05, 3.63) is 52.5 Å². The third kappa shape index (κ3) is 5.27.